The van der Waals surface area contributed by atoms with Crippen molar-refractivity contribution in [2.45, 2.75) is 24.5 Å². The number of methoxy groups -OCH3 is 2. The molecule has 0 saturated carbocycles. The SMILES string of the molecule is COc1ccc(C(=O)CN2CCC[C@H]2C(=O)NC(=O)C(O)(c2ccccc2)c2ccccc2)c(OC)c1. The maximum atomic E-state index is 13.4. The van der Waals surface area contributed by atoms with Crippen LogP contribution in [0.1, 0.15) is 34.3 Å². The zero-order valence-corrected chi connectivity index (χ0v) is 20.8. The number of carbonyl (C=O) groups is 3. The molecule has 8 nitrogen and oxygen atoms in total. The van der Waals surface area contributed by atoms with E-state index >= 15 is 0 Å². The highest BCUT2D eigenvalue weighted by molar-refractivity contribution is 6.04. The van der Waals surface area contributed by atoms with Crippen LogP contribution in [0.2, 0.25) is 0 Å². The number of carbonyl (C=O) groups excluding carboxylic acids is 3. The number of hydrogen-bond acceptors (Lipinski definition) is 7. The molecule has 0 aromatic heterocycles. The largest absolute Gasteiger partial charge is 0.497 e. The molecule has 0 radical (unpaired) electrons. The highest BCUT2D eigenvalue weighted by atomic mass is 16.5. The molecule has 4 rings (SSSR count). The maximum Gasteiger partial charge on any atom is 0.267 e. The second-order valence-electron chi connectivity index (χ2n) is 8.88. The van der Waals surface area contributed by atoms with Gasteiger partial charge in [-0.15, -0.1) is 0 Å². The molecule has 1 aliphatic heterocycles. The Balaban J connectivity index is 1.52. The molecule has 2 amide bonds. The average Bonchev–Trinajstić information content (AvgIpc) is 3.41. The van der Waals surface area contributed by atoms with Gasteiger partial charge in [0.2, 0.25) is 5.91 Å². The van der Waals surface area contributed by atoms with Gasteiger partial charge >= 0.3 is 0 Å². The van der Waals surface area contributed by atoms with Crippen molar-refractivity contribution >= 4 is 17.6 Å². The first kappa shape index (κ1) is 26.1. The van der Waals surface area contributed by atoms with Crippen LogP contribution in [0.4, 0.5) is 0 Å². The second kappa shape index (κ2) is 11.4. The summed E-state index contributed by atoms with van der Waals surface area (Å²) in [5, 5.41) is 14.0. The third-order valence-electron chi connectivity index (χ3n) is 6.67. The fourth-order valence-corrected chi connectivity index (χ4v) is 4.68. The van der Waals surface area contributed by atoms with E-state index in [1.807, 2.05) is 0 Å². The van der Waals surface area contributed by atoms with Gasteiger partial charge in [-0.2, -0.15) is 0 Å². The summed E-state index contributed by atoms with van der Waals surface area (Å²) < 4.78 is 10.5. The van der Waals surface area contributed by atoms with E-state index in [0.29, 0.717) is 47.6 Å². The number of ketones is 1. The van der Waals surface area contributed by atoms with Crippen molar-refractivity contribution in [3.8, 4) is 11.5 Å². The third-order valence-corrected chi connectivity index (χ3v) is 6.67. The summed E-state index contributed by atoms with van der Waals surface area (Å²) in [6.07, 6.45) is 1.18. The molecule has 0 spiro atoms. The van der Waals surface area contributed by atoms with E-state index < -0.39 is 23.5 Å². The molecular weight excluding hydrogens is 472 g/mol. The average molecular weight is 503 g/mol. The van der Waals surface area contributed by atoms with E-state index in [4.69, 9.17) is 9.47 Å². The Morgan fingerprint density at radius 1 is 0.946 bits per heavy atom. The monoisotopic (exact) mass is 502 g/mol. The minimum atomic E-state index is -2.06. The molecule has 192 valence electrons. The van der Waals surface area contributed by atoms with Crippen LogP contribution in [-0.4, -0.2) is 61.0 Å². The molecule has 1 atom stereocenters. The lowest BCUT2D eigenvalue weighted by atomic mass is 9.85. The Hall–Kier alpha value is -4.01. The Morgan fingerprint density at radius 3 is 2.14 bits per heavy atom. The predicted octanol–water partition coefficient (Wildman–Crippen LogP) is 2.93. The number of nitrogens with one attached hydrogen (secondary N) is 1. The molecule has 3 aromatic rings. The quantitative estimate of drug-likeness (QED) is 0.434. The highest BCUT2D eigenvalue weighted by Crippen LogP contribution is 2.31. The summed E-state index contributed by atoms with van der Waals surface area (Å²) in [5.41, 5.74) is -0.991. The van der Waals surface area contributed by atoms with Gasteiger partial charge in [0.05, 0.1) is 32.4 Å². The van der Waals surface area contributed by atoms with Crippen LogP contribution >= 0.6 is 0 Å². The van der Waals surface area contributed by atoms with Crippen LogP contribution in [0.3, 0.4) is 0 Å². The molecule has 1 fully saturated rings. The Bertz CT molecular complexity index is 1220. The zero-order valence-electron chi connectivity index (χ0n) is 20.8. The minimum Gasteiger partial charge on any atom is -0.497 e. The molecule has 1 saturated heterocycles. The summed E-state index contributed by atoms with van der Waals surface area (Å²) in [6, 6.07) is 21.2. The molecule has 3 aromatic carbocycles. The summed E-state index contributed by atoms with van der Waals surface area (Å²) in [6.45, 7) is 0.509. The normalized spacial score (nSPS) is 15.7. The van der Waals surface area contributed by atoms with Gasteiger partial charge in [-0.25, -0.2) is 0 Å². The van der Waals surface area contributed by atoms with Crippen LogP contribution in [-0.2, 0) is 15.2 Å². The lowest BCUT2D eigenvalue weighted by molar-refractivity contribution is -0.142. The molecule has 37 heavy (non-hydrogen) atoms. The van der Waals surface area contributed by atoms with Crippen LogP contribution in [0, 0.1) is 0 Å². The number of benzene rings is 3. The van der Waals surface area contributed by atoms with Crippen molar-refractivity contribution in [3.05, 3.63) is 95.6 Å². The van der Waals surface area contributed by atoms with Crippen molar-refractivity contribution in [1.82, 2.24) is 10.2 Å². The van der Waals surface area contributed by atoms with Gasteiger partial charge in [0, 0.05) is 6.07 Å². The number of aliphatic hydroxyl groups is 1. The zero-order chi connectivity index (χ0) is 26.4. The molecular formula is C29H30N2O6. The topological polar surface area (TPSA) is 105 Å². The Kier molecular flexibility index (Phi) is 8.01. The van der Waals surface area contributed by atoms with Crippen LogP contribution in [0.15, 0.2) is 78.9 Å². The van der Waals surface area contributed by atoms with E-state index in [0.717, 1.165) is 0 Å². The fourth-order valence-electron chi connectivity index (χ4n) is 4.68. The Labute approximate surface area is 215 Å². The van der Waals surface area contributed by atoms with E-state index in [2.05, 4.69) is 5.32 Å². The number of hydrogen-bond donors (Lipinski definition) is 2. The van der Waals surface area contributed by atoms with E-state index in [1.54, 1.807) is 83.8 Å². The molecule has 2 N–H and O–H groups in total. The molecule has 0 bridgehead atoms. The predicted molar refractivity (Wildman–Crippen MR) is 138 cm³/mol. The summed E-state index contributed by atoms with van der Waals surface area (Å²) in [4.78, 5) is 41.5. The van der Waals surface area contributed by atoms with Crippen molar-refractivity contribution in [3.63, 3.8) is 0 Å². The minimum absolute atomic E-state index is 0.0173. The number of nitrogens with zero attached hydrogens (tertiary/aromatic N) is 1. The number of rotatable bonds is 9. The highest BCUT2D eigenvalue weighted by Gasteiger charge is 2.42. The number of ether oxygens (including phenoxy) is 2. The lowest BCUT2D eigenvalue weighted by Gasteiger charge is -2.29. The standard InChI is InChI=1S/C29H30N2O6/c1-36-22-15-16-23(26(18-22)37-2)25(32)19-31-17-9-14-24(31)27(33)30-28(34)29(35,20-10-5-3-6-11-20)21-12-7-4-8-13-21/h3-8,10-13,15-16,18,24,35H,9,14,17,19H2,1-2H3,(H,30,33,34)/t24-/m0/s1. The number of imide groups is 1. The van der Waals surface area contributed by atoms with Gasteiger partial charge in [0.25, 0.3) is 5.91 Å². The van der Waals surface area contributed by atoms with Crippen molar-refractivity contribution in [2.75, 3.05) is 27.3 Å². The first-order valence-corrected chi connectivity index (χ1v) is 12.1. The van der Waals surface area contributed by atoms with Gasteiger partial charge in [0.15, 0.2) is 11.4 Å². The van der Waals surface area contributed by atoms with E-state index in [1.165, 1.54) is 14.2 Å². The smallest absolute Gasteiger partial charge is 0.267 e. The molecule has 0 aliphatic carbocycles. The first-order valence-electron chi connectivity index (χ1n) is 12.1. The summed E-state index contributed by atoms with van der Waals surface area (Å²) in [5.74, 6) is -0.659. The molecule has 1 heterocycles. The summed E-state index contributed by atoms with van der Waals surface area (Å²) in [7, 11) is 3.01. The second-order valence-corrected chi connectivity index (χ2v) is 8.88. The van der Waals surface area contributed by atoms with Crippen molar-refractivity contribution < 1.29 is 29.0 Å². The molecule has 8 heteroatoms. The lowest BCUT2D eigenvalue weighted by Crippen LogP contribution is -2.53. The van der Waals surface area contributed by atoms with Crippen LogP contribution in [0.25, 0.3) is 0 Å². The molecule has 0 unspecified atom stereocenters. The van der Waals surface area contributed by atoms with Crippen LogP contribution in [0.5, 0.6) is 11.5 Å². The maximum absolute atomic E-state index is 13.4. The van der Waals surface area contributed by atoms with Crippen LogP contribution < -0.4 is 14.8 Å². The first-order chi connectivity index (χ1) is 17.9. The number of likely N-dealkylation sites (tertiary alicyclic amines) is 1. The van der Waals surface area contributed by atoms with Crippen molar-refractivity contribution in [2.24, 2.45) is 0 Å². The van der Waals surface area contributed by atoms with Crippen molar-refractivity contribution in [1.29, 1.82) is 0 Å². The van der Waals surface area contributed by atoms with E-state index in [-0.39, 0.29) is 12.3 Å². The fraction of sp³-hybridized carbons (Fsp3) is 0.276. The van der Waals surface area contributed by atoms with Gasteiger partial charge in [-0.3, -0.25) is 24.6 Å². The number of Topliss-reactive ketones (excluding diaryl/α,β-unsaturated/α-hetero) is 1. The van der Waals surface area contributed by atoms with E-state index in [9.17, 15) is 19.5 Å². The van der Waals surface area contributed by atoms with Gasteiger partial charge in [-0.05, 0) is 42.6 Å². The summed E-state index contributed by atoms with van der Waals surface area (Å²) >= 11 is 0. The molecule has 1 aliphatic rings. The van der Waals surface area contributed by atoms with Gasteiger partial charge in [0.1, 0.15) is 11.5 Å². The third kappa shape index (κ3) is 5.40. The van der Waals surface area contributed by atoms with Gasteiger partial charge < -0.3 is 14.6 Å². The number of amides is 2. The Morgan fingerprint density at radius 2 is 1.57 bits per heavy atom. The van der Waals surface area contributed by atoms with Gasteiger partial charge in [-0.1, -0.05) is 60.7 Å².